The van der Waals surface area contributed by atoms with Gasteiger partial charge in [-0.2, -0.15) is 9.97 Å². The number of aromatic nitrogens is 3. The third kappa shape index (κ3) is 1.85. The van der Waals surface area contributed by atoms with Crippen LogP contribution < -0.4 is 4.90 Å². The minimum atomic E-state index is -0.454. The Morgan fingerprint density at radius 3 is 2.73 bits per heavy atom. The Bertz CT molecular complexity index is 391. The summed E-state index contributed by atoms with van der Waals surface area (Å²) in [5.41, 5.74) is 0. The molecule has 0 aromatic carbocycles. The molecule has 0 aliphatic carbocycles. The summed E-state index contributed by atoms with van der Waals surface area (Å²) in [7, 11) is 0. The van der Waals surface area contributed by atoms with E-state index in [4.69, 9.17) is 16.3 Å². The highest BCUT2D eigenvalue weighted by molar-refractivity contribution is 6.28. The molecule has 1 amide bonds. The fourth-order valence-corrected chi connectivity index (χ4v) is 1.54. The Hall–Kier alpha value is -1.43. The number of hydrogen-bond donors (Lipinski definition) is 0. The number of anilines is 1. The third-order valence-electron chi connectivity index (χ3n) is 2.01. The monoisotopic (exact) mass is 228 g/mol. The van der Waals surface area contributed by atoms with Gasteiger partial charge in [-0.25, -0.2) is 14.7 Å². The first kappa shape index (κ1) is 10.1. The van der Waals surface area contributed by atoms with Crippen LogP contribution in [-0.2, 0) is 4.74 Å². The average molecular weight is 229 g/mol. The molecule has 0 saturated carbocycles. The molecule has 15 heavy (non-hydrogen) atoms. The molecule has 1 fully saturated rings. The number of hydrogen-bond acceptors (Lipinski definition) is 5. The van der Waals surface area contributed by atoms with E-state index in [0.717, 1.165) is 0 Å². The van der Waals surface area contributed by atoms with Gasteiger partial charge in [0.05, 0.1) is 6.04 Å². The first-order valence-electron chi connectivity index (χ1n) is 4.42. The van der Waals surface area contributed by atoms with Gasteiger partial charge in [0.25, 0.3) is 0 Å². The summed E-state index contributed by atoms with van der Waals surface area (Å²) in [6, 6.07) is -0.0876. The van der Waals surface area contributed by atoms with Gasteiger partial charge in [0.1, 0.15) is 12.4 Å². The molecule has 1 aromatic heterocycles. The maximum atomic E-state index is 11.4. The molecule has 0 bridgehead atoms. The Labute approximate surface area is 91.2 Å². The first-order valence-corrected chi connectivity index (χ1v) is 4.80. The van der Waals surface area contributed by atoms with E-state index in [2.05, 4.69) is 15.0 Å². The lowest BCUT2D eigenvalue weighted by atomic mass is 10.3. The number of amides is 1. The molecule has 7 heteroatoms. The minimum Gasteiger partial charge on any atom is -0.447 e. The number of carbonyl (C=O) groups is 1. The van der Waals surface area contributed by atoms with Crippen molar-refractivity contribution in [3.8, 4) is 0 Å². The fourth-order valence-electron chi connectivity index (χ4n) is 1.34. The molecule has 1 aliphatic heterocycles. The van der Waals surface area contributed by atoms with E-state index in [0.29, 0.717) is 12.4 Å². The quantitative estimate of drug-likeness (QED) is 0.722. The molecular formula is C8H9ClN4O2. The first-order chi connectivity index (χ1) is 7.08. The van der Waals surface area contributed by atoms with Crippen molar-refractivity contribution >= 4 is 23.6 Å². The van der Waals surface area contributed by atoms with Crippen molar-refractivity contribution in [3.05, 3.63) is 11.1 Å². The van der Waals surface area contributed by atoms with Gasteiger partial charge in [-0.15, -0.1) is 0 Å². The summed E-state index contributed by atoms with van der Waals surface area (Å²) in [6.07, 6.45) is -0.454. The molecule has 1 unspecified atom stereocenters. The van der Waals surface area contributed by atoms with Crippen molar-refractivity contribution in [3.63, 3.8) is 0 Å². The van der Waals surface area contributed by atoms with Gasteiger partial charge in [0.15, 0.2) is 0 Å². The van der Waals surface area contributed by atoms with Crippen LogP contribution >= 0.6 is 11.6 Å². The van der Waals surface area contributed by atoms with E-state index in [-0.39, 0.29) is 17.3 Å². The van der Waals surface area contributed by atoms with Crippen molar-refractivity contribution in [2.45, 2.75) is 19.9 Å². The molecule has 0 N–H and O–H groups in total. The maximum Gasteiger partial charge on any atom is 0.417 e. The number of aryl methyl sites for hydroxylation is 1. The van der Waals surface area contributed by atoms with Gasteiger partial charge in [0, 0.05) is 0 Å². The Kier molecular flexibility index (Phi) is 2.44. The standard InChI is InChI=1S/C8H9ClN4O2/c1-4-3-15-8(14)13(4)7-11-5(2)10-6(9)12-7/h4H,3H2,1-2H3. The van der Waals surface area contributed by atoms with Crippen LogP contribution in [-0.4, -0.2) is 33.7 Å². The van der Waals surface area contributed by atoms with E-state index in [1.807, 2.05) is 6.92 Å². The molecule has 1 saturated heterocycles. The van der Waals surface area contributed by atoms with Crippen LogP contribution in [0.25, 0.3) is 0 Å². The zero-order chi connectivity index (χ0) is 11.0. The number of cyclic esters (lactones) is 1. The highest BCUT2D eigenvalue weighted by Crippen LogP contribution is 2.19. The van der Waals surface area contributed by atoms with Crippen LogP contribution in [0.15, 0.2) is 0 Å². The van der Waals surface area contributed by atoms with Gasteiger partial charge in [-0.1, -0.05) is 0 Å². The van der Waals surface area contributed by atoms with Gasteiger partial charge >= 0.3 is 6.09 Å². The molecule has 6 nitrogen and oxygen atoms in total. The van der Waals surface area contributed by atoms with Crippen molar-refractivity contribution in [1.29, 1.82) is 0 Å². The molecule has 2 heterocycles. The predicted octanol–water partition coefficient (Wildman–Crippen LogP) is 1.18. The van der Waals surface area contributed by atoms with Crippen molar-refractivity contribution in [2.75, 3.05) is 11.5 Å². The van der Waals surface area contributed by atoms with Crippen LogP contribution in [0.2, 0.25) is 5.28 Å². The van der Waals surface area contributed by atoms with Crippen LogP contribution in [0.3, 0.4) is 0 Å². The molecule has 2 rings (SSSR count). The van der Waals surface area contributed by atoms with Gasteiger partial charge in [-0.3, -0.25) is 0 Å². The van der Waals surface area contributed by atoms with Crippen LogP contribution in [0.5, 0.6) is 0 Å². The SMILES string of the molecule is Cc1nc(Cl)nc(N2C(=O)OCC2C)n1. The van der Waals surface area contributed by atoms with Crippen molar-refractivity contribution in [1.82, 2.24) is 15.0 Å². The Balaban J connectivity index is 2.40. The van der Waals surface area contributed by atoms with Gasteiger partial charge in [0.2, 0.25) is 11.2 Å². The van der Waals surface area contributed by atoms with E-state index < -0.39 is 6.09 Å². The van der Waals surface area contributed by atoms with Gasteiger partial charge in [-0.05, 0) is 25.4 Å². The summed E-state index contributed by atoms with van der Waals surface area (Å²) in [5, 5.41) is 0.0735. The van der Waals surface area contributed by atoms with Crippen LogP contribution in [0.1, 0.15) is 12.7 Å². The summed E-state index contributed by atoms with van der Waals surface area (Å²) in [6.45, 7) is 3.86. The minimum absolute atomic E-state index is 0.0735. The molecule has 0 spiro atoms. The number of rotatable bonds is 1. The smallest absolute Gasteiger partial charge is 0.417 e. The topological polar surface area (TPSA) is 68.2 Å². The van der Waals surface area contributed by atoms with Gasteiger partial charge < -0.3 is 4.74 Å². The lowest BCUT2D eigenvalue weighted by molar-refractivity contribution is 0.179. The molecule has 1 aliphatic rings. The molecule has 1 atom stereocenters. The molecule has 80 valence electrons. The second-order valence-electron chi connectivity index (χ2n) is 3.25. The summed E-state index contributed by atoms with van der Waals surface area (Å²) in [4.78, 5) is 24.5. The Morgan fingerprint density at radius 2 is 2.20 bits per heavy atom. The van der Waals surface area contributed by atoms with Crippen LogP contribution in [0, 0.1) is 6.92 Å². The normalized spacial score (nSPS) is 20.6. The second kappa shape index (κ2) is 3.62. The lowest BCUT2D eigenvalue weighted by Crippen LogP contribution is -2.32. The third-order valence-corrected chi connectivity index (χ3v) is 2.18. The Morgan fingerprint density at radius 1 is 1.47 bits per heavy atom. The fraction of sp³-hybridized carbons (Fsp3) is 0.500. The summed E-state index contributed by atoms with van der Waals surface area (Å²) in [5.74, 6) is 0.708. The maximum absolute atomic E-state index is 11.4. The second-order valence-corrected chi connectivity index (χ2v) is 3.59. The molecule has 0 radical (unpaired) electrons. The number of carbonyl (C=O) groups excluding carboxylic acids is 1. The number of nitrogens with zero attached hydrogens (tertiary/aromatic N) is 4. The van der Waals surface area contributed by atoms with Crippen molar-refractivity contribution < 1.29 is 9.53 Å². The van der Waals surface area contributed by atoms with E-state index in [1.54, 1.807) is 6.92 Å². The summed E-state index contributed by atoms with van der Waals surface area (Å²) >= 11 is 5.68. The average Bonchev–Trinajstić information content (AvgIpc) is 2.44. The zero-order valence-electron chi connectivity index (χ0n) is 8.27. The lowest BCUT2D eigenvalue weighted by Gasteiger charge is -2.15. The number of halogens is 1. The summed E-state index contributed by atoms with van der Waals surface area (Å²) < 4.78 is 4.86. The predicted molar refractivity (Wildman–Crippen MR) is 52.9 cm³/mol. The van der Waals surface area contributed by atoms with E-state index in [1.165, 1.54) is 4.90 Å². The van der Waals surface area contributed by atoms with E-state index >= 15 is 0 Å². The highest BCUT2D eigenvalue weighted by atomic mass is 35.5. The zero-order valence-corrected chi connectivity index (χ0v) is 9.02. The van der Waals surface area contributed by atoms with E-state index in [9.17, 15) is 4.79 Å². The van der Waals surface area contributed by atoms with Crippen LogP contribution in [0.4, 0.5) is 10.7 Å². The van der Waals surface area contributed by atoms with Crippen molar-refractivity contribution in [2.24, 2.45) is 0 Å². The number of ether oxygens (including phenoxy) is 1. The molecule has 1 aromatic rings. The molecular weight excluding hydrogens is 220 g/mol. The largest absolute Gasteiger partial charge is 0.447 e. The highest BCUT2D eigenvalue weighted by Gasteiger charge is 2.33.